The highest BCUT2D eigenvalue weighted by molar-refractivity contribution is 5.97. The summed E-state index contributed by atoms with van der Waals surface area (Å²) in [7, 11) is 3.73. The van der Waals surface area contributed by atoms with Crippen LogP contribution < -0.4 is 9.47 Å². The molecule has 7 heteroatoms. The predicted octanol–water partition coefficient (Wildman–Crippen LogP) is 3.86. The molecule has 0 N–H and O–H groups in total. The average Bonchev–Trinajstić information content (AvgIpc) is 3.49. The quantitative estimate of drug-likeness (QED) is 0.573. The first kappa shape index (κ1) is 21.8. The predicted molar refractivity (Wildman–Crippen MR) is 128 cm³/mol. The number of ether oxygens (including phenoxy) is 2. The highest BCUT2D eigenvalue weighted by Crippen LogP contribution is 2.30. The second-order valence-corrected chi connectivity index (χ2v) is 9.03. The Bertz CT molecular complexity index is 1130. The van der Waals surface area contributed by atoms with Crippen LogP contribution in [-0.4, -0.2) is 64.7 Å². The fourth-order valence-corrected chi connectivity index (χ4v) is 4.90. The summed E-state index contributed by atoms with van der Waals surface area (Å²) in [6.07, 6.45) is 4.06. The second kappa shape index (κ2) is 9.43. The molecule has 1 amide bonds. The third-order valence-electron chi connectivity index (χ3n) is 6.89. The van der Waals surface area contributed by atoms with E-state index in [1.54, 1.807) is 7.11 Å². The zero-order valence-corrected chi connectivity index (χ0v) is 19.5. The summed E-state index contributed by atoms with van der Waals surface area (Å²) in [5.41, 5.74) is 2.85. The van der Waals surface area contributed by atoms with Crippen LogP contribution in [0.2, 0.25) is 0 Å². The molecule has 2 aliphatic heterocycles. The van der Waals surface area contributed by atoms with Crippen molar-refractivity contribution in [2.75, 3.05) is 33.3 Å². The Balaban J connectivity index is 1.24. The number of carbonyl (C=O) groups excluding carboxylic acids is 1. The van der Waals surface area contributed by atoms with Crippen LogP contribution in [0.15, 0.2) is 42.5 Å². The number of aromatic nitrogens is 2. The minimum atomic E-state index is 0.0597. The van der Waals surface area contributed by atoms with Crippen LogP contribution in [0.3, 0.4) is 0 Å². The van der Waals surface area contributed by atoms with Gasteiger partial charge in [-0.15, -0.1) is 0 Å². The lowest BCUT2D eigenvalue weighted by Gasteiger charge is -2.32. The van der Waals surface area contributed by atoms with Crippen LogP contribution in [0.4, 0.5) is 0 Å². The molecule has 0 radical (unpaired) electrons. The third-order valence-corrected chi connectivity index (χ3v) is 6.89. The van der Waals surface area contributed by atoms with Gasteiger partial charge in [-0.25, -0.2) is 4.98 Å². The van der Waals surface area contributed by atoms with E-state index >= 15 is 0 Å². The van der Waals surface area contributed by atoms with Crippen molar-refractivity contribution in [3.8, 4) is 11.5 Å². The lowest BCUT2D eigenvalue weighted by molar-refractivity contribution is 0.0762. The first-order valence-electron chi connectivity index (χ1n) is 11.9. The topological polar surface area (TPSA) is 59.8 Å². The van der Waals surface area contributed by atoms with Gasteiger partial charge in [0.25, 0.3) is 5.91 Å². The van der Waals surface area contributed by atoms with E-state index in [9.17, 15) is 4.79 Å². The van der Waals surface area contributed by atoms with Crippen LogP contribution in [0.25, 0.3) is 11.0 Å². The van der Waals surface area contributed by atoms with Gasteiger partial charge in [0.05, 0.1) is 30.3 Å². The molecule has 1 aromatic heterocycles. The summed E-state index contributed by atoms with van der Waals surface area (Å²) >= 11 is 0. The number of aryl methyl sites for hydroxylation is 1. The van der Waals surface area contributed by atoms with Gasteiger partial charge in [0.15, 0.2) is 0 Å². The van der Waals surface area contributed by atoms with Crippen LogP contribution in [0.5, 0.6) is 11.5 Å². The van der Waals surface area contributed by atoms with Crippen LogP contribution in [0, 0.1) is 0 Å². The van der Waals surface area contributed by atoms with E-state index in [1.165, 1.54) is 5.52 Å². The van der Waals surface area contributed by atoms with E-state index < -0.39 is 0 Å². The number of likely N-dealkylation sites (tertiary alicyclic amines) is 2. The van der Waals surface area contributed by atoms with Crippen molar-refractivity contribution in [3.63, 3.8) is 0 Å². The molecular formula is C26H32N4O3. The molecule has 0 bridgehead atoms. The van der Waals surface area contributed by atoms with Gasteiger partial charge in [0, 0.05) is 39.3 Å². The van der Waals surface area contributed by atoms with E-state index in [0.29, 0.717) is 17.1 Å². The van der Waals surface area contributed by atoms with Gasteiger partial charge < -0.3 is 18.9 Å². The number of rotatable bonds is 6. The lowest BCUT2D eigenvalue weighted by atomic mass is 10.1. The smallest absolute Gasteiger partial charge is 0.257 e. The van der Waals surface area contributed by atoms with E-state index in [1.807, 2.05) is 29.2 Å². The number of amides is 1. The van der Waals surface area contributed by atoms with Gasteiger partial charge in [-0.05, 0) is 49.9 Å². The molecule has 174 valence electrons. The second-order valence-electron chi connectivity index (χ2n) is 9.03. The Morgan fingerprint density at radius 1 is 1.06 bits per heavy atom. The normalized spacial score (nSPS) is 17.6. The summed E-state index contributed by atoms with van der Waals surface area (Å²) in [6, 6.07) is 13.8. The molecule has 0 unspecified atom stereocenters. The van der Waals surface area contributed by atoms with Crippen molar-refractivity contribution in [1.29, 1.82) is 0 Å². The fraction of sp³-hybridized carbons (Fsp3) is 0.462. The number of methoxy groups -OCH3 is 1. The standard InChI is InChI=1S/C26H32N4O3/c1-28-23-8-4-3-7-22(23)27-25(28)18-29-15-11-19(12-16-29)33-24-17-20(32-2)9-10-21(24)26(31)30-13-5-6-14-30/h3-4,7-10,17,19H,5-6,11-16,18H2,1-2H3. The Labute approximate surface area is 194 Å². The SMILES string of the molecule is COc1ccc(C(=O)N2CCCC2)c(OC2CCN(Cc3nc4ccccc4n3C)CC2)c1. The molecule has 0 spiro atoms. The molecule has 2 aromatic carbocycles. The van der Waals surface area contributed by atoms with Crippen molar-refractivity contribution >= 4 is 16.9 Å². The molecule has 0 atom stereocenters. The van der Waals surface area contributed by atoms with Gasteiger partial charge in [-0.3, -0.25) is 9.69 Å². The minimum absolute atomic E-state index is 0.0597. The Kier molecular flexibility index (Phi) is 6.22. The summed E-state index contributed by atoms with van der Waals surface area (Å²) in [6.45, 7) is 4.35. The Morgan fingerprint density at radius 3 is 2.55 bits per heavy atom. The number of piperidine rings is 1. The highest BCUT2D eigenvalue weighted by atomic mass is 16.5. The maximum atomic E-state index is 13.1. The molecule has 2 saturated heterocycles. The fourth-order valence-electron chi connectivity index (χ4n) is 4.90. The molecule has 0 saturated carbocycles. The maximum absolute atomic E-state index is 13.1. The maximum Gasteiger partial charge on any atom is 0.257 e. The molecule has 7 nitrogen and oxygen atoms in total. The zero-order chi connectivity index (χ0) is 22.8. The van der Waals surface area contributed by atoms with Gasteiger partial charge in [0.1, 0.15) is 23.4 Å². The van der Waals surface area contributed by atoms with E-state index in [0.717, 1.165) is 69.7 Å². The van der Waals surface area contributed by atoms with E-state index in [-0.39, 0.29) is 12.0 Å². The van der Waals surface area contributed by atoms with Crippen LogP contribution in [-0.2, 0) is 13.6 Å². The molecule has 0 aliphatic carbocycles. The van der Waals surface area contributed by atoms with E-state index in [4.69, 9.17) is 14.5 Å². The largest absolute Gasteiger partial charge is 0.497 e. The van der Waals surface area contributed by atoms with Gasteiger partial charge in [-0.1, -0.05) is 12.1 Å². The molecule has 33 heavy (non-hydrogen) atoms. The van der Waals surface area contributed by atoms with Crippen molar-refractivity contribution in [2.45, 2.75) is 38.3 Å². The summed E-state index contributed by atoms with van der Waals surface area (Å²) in [4.78, 5) is 22.2. The minimum Gasteiger partial charge on any atom is -0.497 e. The summed E-state index contributed by atoms with van der Waals surface area (Å²) < 4.78 is 14.0. The number of fused-ring (bicyclic) bond motifs is 1. The van der Waals surface area contributed by atoms with Crippen molar-refractivity contribution in [2.24, 2.45) is 7.05 Å². The van der Waals surface area contributed by atoms with Crippen molar-refractivity contribution in [3.05, 3.63) is 53.9 Å². The molecule has 2 aliphatic rings. The van der Waals surface area contributed by atoms with Crippen molar-refractivity contribution < 1.29 is 14.3 Å². The van der Waals surface area contributed by atoms with Gasteiger partial charge in [0.2, 0.25) is 0 Å². The average molecular weight is 449 g/mol. The van der Waals surface area contributed by atoms with Crippen LogP contribution >= 0.6 is 0 Å². The van der Waals surface area contributed by atoms with Crippen LogP contribution in [0.1, 0.15) is 41.9 Å². The summed E-state index contributed by atoms with van der Waals surface area (Å²) in [5.74, 6) is 2.49. The number of hydrogen-bond donors (Lipinski definition) is 0. The number of hydrogen-bond acceptors (Lipinski definition) is 5. The number of para-hydroxylation sites is 2. The van der Waals surface area contributed by atoms with Crippen molar-refractivity contribution in [1.82, 2.24) is 19.4 Å². The number of carbonyl (C=O) groups is 1. The molecular weight excluding hydrogens is 416 g/mol. The molecule has 2 fully saturated rings. The molecule has 3 aromatic rings. The highest BCUT2D eigenvalue weighted by Gasteiger charge is 2.26. The van der Waals surface area contributed by atoms with Gasteiger partial charge in [-0.2, -0.15) is 0 Å². The summed E-state index contributed by atoms with van der Waals surface area (Å²) in [5, 5.41) is 0. The zero-order valence-electron chi connectivity index (χ0n) is 19.5. The lowest BCUT2D eigenvalue weighted by Crippen LogP contribution is -2.38. The monoisotopic (exact) mass is 448 g/mol. The molecule has 5 rings (SSSR count). The number of imidazole rings is 1. The third kappa shape index (κ3) is 4.55. The first-order chi connectivity index (χ1) is 16.1. The van der Waals surface area contributed by atoms with E-state index in [2.05, 4.69) is 34.7 Å². The molecule has 3 heterocycles. The Morgan fingerprint density at radius 2 is 1.82 bits per heavy atom. The number of nitrogens with zero attached hydrogens (tertiary/aromatic N) is 4. The first-order valence-corrected chi connectivity index (χ1v) is 11.9. The number of benzene rings is 2. The van der Waals surface area contributed by atoms with Gasteiger partial charge >= 0.3 is 0 Å². The Hall–Kier alpha value is -3.06.